The summed E-state index contributed by atoms with van der Waals surface area (Å²) in [5, 5.41) is 0.0430. The van der Waals surface area contributed by atoms with Crippen LogP contribution in [0, 0.1) is 5.82 Å². The molecule has 1 amide bonds. The molecule has 0 spiro atoms. The highest BCUT2D eigenvalue weighted by Gasteiger charge is 2.10. The van der Waals surface area contributed by atoms with E-state index in [0.29, 0.717) is 5.56 Å². The van der Waals surface area contributed by atoms with Crippen LogP contribution in [0.5, 0.6) is 0 Å². The van der Waals surface area contributed by atoms with Gasteiger partial charge in [-0.2, -0.15) is 0 Å². The van der Waals surface area contributed by atoms with Gasteiger partial charge in [-0.1, -0.05) is 17.7 Å². The third kappa shape index (κ3) is 2.68. The second kappa shape index (κ2) is 4.39. The second-order valence-electron chi connectivity index (χ2n) is 2.96. The van der Waals surface area contributed by atoms with E-state index in [2.05, 4.69) is 0 Å². The van der Waals surface area contributed by atoms with Gasteiger partial charge in [-0.3, -0.25) is 4.79 Å². The molecule has 0 aliphatic rings. The molecule has 0 fully saturated rings. The number of carbonyl (C=O) groups excluding carboxylic acids is 1. The van der Waals surface area contributed by atoms with Crippen LogP contribution in [0.4, 0.5) is 4.39 Å². The summed E-state index contributed by atoms with van der Waals surface area (Å²) < 4.78 is 12.9. The quantitative estimate of drug-likeness (QED) is 0.786. The highest BCUT2D eigenvalue weighted by atomic mass is 35.5. The molecule has 1 aromatic rings. The molecule has 0 unspecified atom stereocenters. The van der Waals surface area contributed by atoms with Crippen molar-refractivity contribution < 1.29 is 9.18 Å². The molecule has 1 aromatic carbocycles. The summed E-state index contributed by atoms with van der Waals surface area (Å²) in [7, 11) is 0. The van der Waals surface area contributed by atoms with Crippen LogP contribution in [0.25, 0.3) is 0 Å². The van der Waals surface area contributed by atoms with Crippen LogP contribution in [0.15, 0.2) is 18.2 Å². The van der Waals surface area contributed by atoms with Crippen LogP contribution < -0.4 is 11.5 Å². The molecule has 0 heterocycles. The highest BCUT2D eigenvalue weighted by Crippen LogP contribution is 2.16. The molecule has 0 saturated heterocycles. The van der Waals surface area contributed by atoms with Gasteiger partial charge in [0.15, 0.2) is 0 Å². The molecule has 1 rings (SSSR count). The van der Waals surface area contributed by atoms with Crippen molar-refractivity contribution in [3.63, 3.8) is 0 Å². The zero-order chi connectivity index (χ0) is 10.7. The molecule has 14 heavy (non-hydrogen) atoms. The Kier molecular flexibility index (Phi) is 3.43. The Morgan fingerprint density at radius 1 is 1.57 bits per heavy atom. The molecule has 3 nitrogen and oxygen atoms in total. The van der Waals surface area contributed by atoms with E-state index in [4.69, 9.17) is 23.1 Å². The van der Waals surface area contributed by atoms with Gasteiger partial charge in [0.25, 0.3) is 0 Å². The first-order valence-corrected chi connectivity index (χ1v) is 4.37. The van der Waals surface area contributed by atoms with Crippen molar-refractivity contribution in [2.75, 3.05) is 0 Å². The van der Waals surface area contributed by atoms with Crippen LogP contribution in [-0.4, -0.2) is 11.9 Å². The van der Waals surface area contributed by atoms with Gasteiger partial charge < -0.3 is 11.5 Å². The van der Waals surface area contributed by atoms with Crippen LogP contribution >= 0.6 is 11.6 Å². The predicted molar refractivity (Wildman–Crippen MR) is 52.3 cm³/mol. The van der Waals surface area contributed by atoms with E-state index in [1.54, 1.807) is 6.07 Å². The molecule has 4 N–H and O–H groups in total. The Balaban J connectivity index is 2.78. The van der Waals surface area contributed by atoms with Crippen molar-refractivity contribution in [3.05, 3.63) is 34.6 Å². The first-order valence-electron chi connectivity index (χ1n) is 3.99. The molecule has 0 saturated carbocycles. The van der Waals surface area contributed by atoms with Crippen molar-refractivity contribution in [3.8, 4) is 0 Å². The van der Waals surface area contributed by atoms with E-state index in [1.807, 2.05) is 0 Å². The van der Waals surface area contributed by atoms with Crippen molar-refractivity contribution in [1.82, 2.24) is 0 Å². The maximum absolute atomic E-state index is 12.9. The standard InChI is InChI=1S/C9H10ClFN2O/c10-6-2-1-5(3-7(6)11)4-8(12)9(13)14/h1-3,8H,4,12H2,(H2,13,14)/t8-/m1/s1. The normalized spacial score (nSPS) is 12.5. The Bertz CT molecular complexity index is 357. The van der Waals surface area contributed by atoms with Gasteiger partial charge >= 0.3 is 0 Å². The zero-order valence-electron chi connectivity index (χ0n) is 7.34. The number of benzene rings is 1. The molecule has 0 aliphatic carbocycles. The summed E-state index contributed by atoms with van der Waals surface area (Å²) in [6.45, 7) is 0. The lowest BCUT2D eigenvalue weighted by Gasteiger charge is -2.07. The molecular weight excluding hydrogens is 207 g/mol. The topological polar surface area (TPSA) is 69.1 Å². The lowest BCUT2D eigenvalue weighted by atomic mass is 10.1. The highest BCUT2D eigenvalue weighted by molar-refractivity contribution is 6.30. The number of hydrogen-bond acceptors (Lipinski definition) is 2. The maximum Gasteiger partial charge on any atom is 0.234 e. The third-order valence-corrected chi connectivity index (χ3v) is 2.11. The monoisotopic (exact) mass is 216 g/mol. The van der Waals surface area contributed by atoms with Gasteiger partial charge in [-0.05, 0) is 24.1 Å². The number of carbonyl (C=O) groups is 1. The number of rotatable bonds is 3. The van der Waals surface area contributed by atoms with Gasteiger partial charge in [0.2, 0.25) is 5.91 Å². The van der Waals surface area contributed by atoms with Gasteiger partial charge in [-0.25, -0.2) is 4.39 Å². The Labute approximate surface area is 85.8 Å². The van der Waals surface area contributed by atoms with Crippen LogP contribution in [0.3, 0.4) is 0 Å². The first-order chi connectivity index (χ1) is 6.50. The zero-order valence-corrected chi connectivity index (χ0v) is 8.09. The number of amides is 1. The number of halogens is 2. The van der Waals surface area contributed by atoms with E-state index >= 15 is 0 Å². The average molecular weight is 217 g/mol. The fourth-order valence-corrected chi connectivity index (χ4v) is 1.14. The van der Waals surface area contributed by atoms with Gasteiger partial charge in [0.1, 0.15) is 5.82 Å². The lowest BCUT2D eigenvalue weighted by Crippen LogP contribution is -2.38. The summed E-state index contributed by atoms with van der Waals surface area (Å²) in [6.07, 6.45) is 0.212. The molecule has 0 aliphatic heterocycles. The van der Waals surface area contributed by atoms with Crippen molar-refractivity contribution in [1.29, 1.82) is 0 Å². The van der Waals surface area contributed by atoms with Crippen molar-refractivity contribution in [2.45, 2.75) is 12.5 Å². The summed E-state index contributed by atoms with van der Waals surface area (Å²) in [5.41, 5.74) is 11.0. The predicted octanol–water partition coefficient (Wildman–Crippen LogP) is 0.834. The van der Waals surface area contributed by atoms with Crippen LogP contribution in [-0.2, 0) is 11.2 Å². The van der Waals surface area contributed by atoms with Crippen molar-refractivity contribution in [2.24, 2.45) is 11.5 Å². The minimum atomic E-state index is -0.796. The van der Waals surface area contributed by atoms with Gasteiger partial charge in [0.05, 0.1) is 11.1 Å². The van der Waals surface area contributed by atoms with E-state index < -0.39 is 17.8 Å². The number of hydrogen-bond donors (Lipinski definition) is 2. The van der Waals surface area contributed by atoms with Gasteiger partial charge in [0, 0.05) is 0 Å². The molecule has 1 atom stereocenters. The van der Waals surface area contributed by atoms with E-state index in [1.165, 1.54) is 12.1 Å². The summed E-state index contributed by atoms with van der Waals surface area (Å²) in [5.74, 6) is -1.14. The molecule has 76 valence electrons. The Morgan fingerprint density at radius 2 is 2.21 bits per heavy atom. The Hall–Kier alpha value is -1.13. The maximum atomic E-state index is 12.9. The average Bonchev–Trinajstić information content (AvgIpc) is 2.11. The fourth-order valence-electron chi connectivity index (χ4n) is 1.02. The summed E-state index contributed by atoms with van der Waals surface area (Å²) >= 11 is 5.48. The van der Waals surface area contributed by atoms with E-state index in [0.717, 1.165) is 0 Å². The molecule has 0 radical (unpaired) electrons. The molecule has 0 aromatic heterocycles. The fraction of sp³-hybridized carbons (Fsp3) is 0.222. The molecule has 0 bridgehead atoms. The minimum Gasteiger partial charge on any atom is -0.368 e. The number of primary amides is 1. The SMILES string of the molecule is NC(=O)[C@H](N)Cc1ccc(Cl)c(F)c1. The largest absolute Gasteiger partial charge is 0.368 e. The lowest BCUT2D eigenvalue weighted by molar-refractivity contribution is -0.119. The third-order valence-electron chi connectivity index (χ3n) is 1.81. The van der Waals surface area contributed by atoms with E-state index in [-0.39, 0.29) is 11.4 Å². The molecular formula is C9H10ClFN2O. The Morgan fingerprint density at radius 3 is 2.71 bits per heavy atom. The van der Waals surface area contributed by atoms with Gasteiger partial charge in [-0.15, -0.1) is 0 Å². The van der Waals surface area contributed by atoms with Crippen molar-refractivity contribution >= 4 is 17.5 Å². The van der Waals surface area contributed by atoms with Crippen LogP contribution in [0.2, 0.25) is 5.02 Å². The summed E-state index contributed by atoms with van der Waals surface area (Å²) in [6, 6.07) is 3.47. The number of nitrogens with two attached hydrogens (primary N) is 2. The first kappa shape index (κ1) is 10.9. The van der Waals surface area contributed by atoms with E-state index in [9.17, 15) is 9.18 Å². The molecule has 5 heteroatoms. The minimum absolute atomic E-state index is 0.0430. The second-order valence-corrected chi connectivity index (χ2v) is 3.37. The summed E-state index contributed by atoms with van der Waals surface area (Å²) in [4.78, 5) is 10.6. The smallest absolute Gasteiger partial charge is 0.234 e. The van der Waals surface area contributed by atoms with Crippen LogP contribution in [0.1, 0.15) is 5.56 Å².